The van der Waals surface area contributed by atoms with Crippen molar-refractivity contribution in [3.8, 4) is 0 Å². The fourth-order valence-electron chi connectivity index (χ4n) is 3.26. The summed E-state index contributed by atoms with van der Waals surface area (Å²) in [5, 5.41) is 10.7. The highest BCUT2D eigenvalue weighted by atomic mass is 79.9. The van der Waals surface area contributed by atoms with Crippen LogP contribution in [0.2, 0.25) is 0 Å². The van der Waals surface area contributed by atoms with Crippen LogP contribution >= 0.6 is 15.9 Å². The van der Waals surface area contributed by atoms with Gasteiger partial charge in [-0.25, -0.2) is 0 Å². The van der Waals surface area contributed by atoms with Crippen LogP contribution < -0.4 is 0 Å². The van der Waals surface area contributed by atoms with Crippen LogP contribution in [0, 0.1) is 12.8 Å². The Kier molecular flexibility index (Phi) is 4.18. The Hall–Kier alpha value is -0.420. The maximum atomic E-state index is 10.7. The fraction of sp³-hybridized carbons (Fsp3) is 0.625. The molecule has 2 aliphatic heterocycles. The van der Waals surface area contributed by atoms with Gasteiger partial charge in [0.15, 0.2) is 0 Å². The van der Waals surface area contributed by atoms with Crippen molar-refractivity contribution in [3.63, 3.8) is 0 Å². The van der Waals surface area contributed by atoms with E-state index >= 15 is 0 Å². The molecule has 3 nitrogen and oxygen atoms in total. The van der Waals surface area contributed by atoms with Crippen molar-refractivity contribution in [2.24, 2.45) is 5.92 Å². The molecule has 0 aromatic heterocycles. The first-order valence-electron chi connectivity index (χ1n) is 7.25. The number of ether oxygens (including phenoxy) is 2. The molecule has 0 bridgehead atoms. The van der Waals surface area contributed by atoms with E-state index in [1.165, 1.54) is 5.56 Å². The number of hydrogen-bond acceptors (Lipinski definition) is 3. The van der Waals surface area contributed by atoms with Gasteiger partial charge in [0.1, 0.15) is 0 Å². The molecule has 4 heteroatoms. The Morgan fingerprint density at radius 1 is 1.40 bits per heavy atom. The molecule has 3 rings (SSSR count). The summed E-state index contributed by atoms with van der Waals surface area (Å²) in [5.41, 5.74) is 2.03. The molecule has 1 N–H and O–H groups in total. The molecule has 2 fully saturated rings. The van der Waals surface area contributed by atoms with E-state index in [4.69, 9.17) is 9.47 Å². The van der Waals surface area contributed by atoms with Crippen LogP contribution in [0.25, 0.3) is 0 Å². The molecule has 110 valence electrons. The van der Waals surface area contributed by atoms with Crippen LogP contribution in [0.3, 0.4) is 0 Å². The number of hydrogen-bond donors (Lipinski definition) is 1. The number of aryl methyl sites for hydroxylation is 1. The molecule has 0 amide bonds. The normalized spacial score (nSPS) is 31.6. The third-order valence-electron chi connectivity index (χ3n) is 4.58. The molecule has 3 unspecified atom stereocenters. The lowest BCUT2D eigenvalue weighted by molar-refractivity contribution is -0.117. The van der Waals surface area contributed by atoms with Crippen LogP contribution in [-0.2, 0) is 9.47 Å². The zero-order valence-corrected chi connectivity index (χ0v) is 13.4. The molecule has 3 atom stereocenters. The summed E-state index contributed by atoms with van der Waals surface area (Å²) < 4.78 is 12.5. The first-order chi connectivity index (χ1) is 9.60. The smallest absolute Gasteiger partial charge is 0.0940 e. The molecular formula is C16H21BrO3. The zero-order valence-electron chi connectivity index (χ0n) is 11.8. The molecule has 2 heterocycles. The summed E-state index contributed by atoms with van der Waals surface area (Å²) in [7, 11) is 0. The van der Waals surface area contributed by atoms with Crippen LogP contribution in [-0.4, -0.2) is 30.5 Å². The van der Waals surface area contributed by atoms with Gasteiger partial charge in [-0.05, 0) is 42.9 Å². The Bertz CT molecular complexity index is 483. The van der Waals surface area contributed by atoms with E-state index in [-0.39, 0.29) is 11.5 Å². The molecule has 0 aliphatic carbocycles. The number of aliphatic hydroxyl groups is 1. The molecule has 1 aromatic rings. The summed E-state index contributed by atoms with van der Waals surface area (Å²) in [5.74, 6) is 0.250. The van der Waals surface area contributed by atoms with E-state index < -0.39 is 6.10 Å². The largest absolute Gasteiger partial charge is 0.388 e. The minimum atomic E-state index is -0.423. The third kappa shape index (κ3) is 2.80. The predicted octanol–water partition coefficient (Wildman–Crippen LogP) is 3.38. The maximum Gasteiger partial charge on any atom is 0.0940 e. The van der Waals surface area contributed by atoms with E-state index in [1.54, 1.807) is 0 Å². The maximum absolute atomic E-state index is 10.7. The minimum absolute atomic E-state index is 0.147. The van der Waals surface area contributed by atoms with Gasteiger partial charge in [-0.15, -0.1) is 0 Å². The molecule has 2 aliphatic rings. The lowest BCUT2D eigenvalue weighted by atomic mass is 9.80. The van der Waals surface area contributed by atoms with Crippen LogP contribution in [0.5, 0.6) is 0 Å². The van der Waals surface area contributed by atoms with E-state index in [0.29, 0.717) is 6.61 Å². The van der Waals surface area contributed by atoms with Gasteiger partial charge >= 0.3 is 0 Å². The first kappa shape index (κ1) is 14.5. The molecule has 1 spiro atoms. The lowest BCUT2D eigenvalue weighted by Crippen LogP contribution is -2.41. The summed E-state index contributed by atoms with van der Waals surface area (Å²) in [4.78, 5) is 0. The minimum Gasteiger partial charge on any atom is -0.388 e. The number of halogens is 1. The van der Waals surface area contributed by atoms with E-state index in [2.05, 4.69) is 28.9 Å². The average Bonchev–Trinajstić information content (AvgIpc) is 2.89. The predicted molar refractivity (Wildman–Crippen MR) is 80.7 cm³/mol. The average molecular weight is 341 g/mol. The van der Waals surface area contributed by atoms with Crippen molar-refractivity contribution in [2.45, 2.75) is 37.9 Å². The van der Waals surface area contributed by atoms with Gasteiger partial charge in [-0.1, -0.05) is 28.1 Å². The van der Waals surface area contributed by atoms with E-state index in [9.17, 15) is 5.11 Å². The summed E-state index contributed by atoms with van der Waals surface area (Å²) in [6.07, 6.45) is 2.33. The first-order valence-corrected chi connectivity index (χ1v) is 8.05. The van der Waals surface area contributed by atoms with Crippen LogP contribution in [0.15, 0.2) is 22.7 Å². The summed E-state index contributed by atoms with van der Waals surface area (Å²) in [6, 6.07) is 6.11. The number of aliphatic hydroxyl groups excluding tert-OH is 1. The number of rotatable bonds is 2. The van der Waals surface area contributed by atoms with Gasteiger partial charge in [0.2, 0.25) is 0 Å². The Morgan fingerprint density at radius 3 is 2.95 bits per heavy atom. The highest BCUT2D eigenvalue weighted by molar-refractivity contribution is 9.10. The van der Waals surface area contributed by atoms with Gasteiger partial charge < -0.3 is 14.6 Å². The Balaban J connectivity index is 1.75. The van der Waals surface area contributed by atoms with Gasteiger partial charge in [-0.2, -0.15) is 0 Å². The monoisotopic (exact) mass is 340 g/mol. The third-order valence-corrected chi connectivity index (χ3v) is 5.44. The second kappa shape index (κ2) is 5.76. The van der Waals surface area contributed by atoms with Gasteiger partial charge in [0.05, 0.1) is 18.3 Å². The molecule has 0 saturated carbocycles. The quantitative estimate of drug-likeness (QED) is 0.896. The molecular weight excluding hydrogens is 320 g/mol. The molecule has 0 radical (unpaired) electrons. The van der Waals surface area contributed by atoms with E-state index in [0.717, 1.165) is 42.5 Å². The Morgan fingerprint density at radius 2 is 2.25 bits per heavy atom. The highest BCUT2D eigenvalue weighted by Crippen LogP contribution is 2.41. The molecule has 20 heavy (non-hydrogen) atoms. The van der Waals surface area contributed by atoms with Crippen LogP contribution in [0.4, 0.5) is 0 Å². The Labute approximate surface area is 128 Å². The molecule has 2 saturated heterocycles. The van der Waals surface area contributed by atoms with Crippen molar-refractivity contribution >= 4 is 15.9 Å². The van der Waals surface area contributed by atoms with Gasteiger partial charge in [0.25, 0.3) is 0 Å². The lowest BCUT2D eigenvalue weighted by Gasteiger charge is -2.39. The molecule has 1 aromatic carbocycles. The summed E-state index contributed by atoms with van der Waals surface area (Å²) in [6.45, 7) is 4.23. The topological polar surface area (TPSA) is 38.7 Å². The fourth-order valence-corrected chi connectivity index (χ4v) is 3.66. The van der Waals surface area contributed by atoms with Gasteiger partial charge in [0, 0.05) is 24.1 Å². The number of benzene rings is 1. The standard InChI is InChI=1S/C16H21BrO3/c1-11-2-3-12(8-14(11)17)15(18)13-4-6-20-16(9-13)5-7-19-10-16/h2-3,8,13,15,18H,4-7,9-10H2,1H3. The second-order valence-corrected chi connectivity index (χ2v) is 6.89. The van der Waals surface area contributed by atoms with Crippen molar-refractivity contribution in [1.82, 2.24) is 0 Å². The van der Waals surface area contributed by atoms with E-state index in [1.807, 2.05) is 12.1 Å². The SMILES string of the molecule is Cc1ccc(C(O)C2CCOC3(CCOC3)C2)cc1Br. The van der Waals surface area contributed by atoms with Crippen molar-refractivity contribution in [3.05, 3.63) is 33.8 Å². The van der Waals surface area contributed by atoms with Gasteiger partial charge in [-0.3, -0.25) is 0 Å². The zero-order chi connectivity index (χ0) is 14.2. The van der Waals surface area contributed by atoms with Crippen LogP contribution in [0.1, 0.15) is 36.5 Å². The van der Waals surface area contributed by atoms with Crippen molar-refractivity contribution in [2.75, 3.05) is 19.8 Å². The van der Waals surface area contributed by atoms with Crippen molar-refractivity contribution < 1.29 is 14.6 Å². The highest BCUT2D eigenvalue weighted by Gasteiger charge is 2.42. The summed E-state index contributed by atoms with van der Waals surface area (Å²) >= 11 is 3.54. The second-order valence-electron chi connectivity index (χ2n) is 6.04. The van der Waals surface area contributed by atoms with Crippen molar-refractivity contribution in [1.29, 1.82) is 0 Å².